The van der Waals surface area contributed by atoms with Crippen molar-refractivity contribution >= 4 is 11.5 Å². The van der Waals surface area contributed by atoms with E-state index in [1.54, 1.807) is 0 Å². The van der Waals surface area contributed by atoms with Crippen molar-refractivity contribution in [3.8, 4) is 11.4 Å². The number of hydrogen-bond acceptors (Lipinski definition) is 4. The molecule has 4 rings (SSSR count). The van der Waals surface area contributed by atoms with Crippen molar-refractivity contribution in [2.75, 3.05) is 5.32 Å². The maximum Gasteiger partial charge on any atom is 0.274 e. The van der Waals surface area contributed by atoms with Gasteiger partial charge in [0.2, 0.25) is 0 Å². The lowest BCUT2D eigenvalue weighted by molar-refractivity contribution is 0.879. The molecule has 130 valence electrons. The Kier molecular flexibility index (Phi) is 4.23. The molecule has 0 spiro atoms. The van der Waals surface area contributed by atoms with Crippen LogP contribution in [-0.4, -0.2) is 19.6 Å². The summed E-state index contributed by atoms with van der Waals surface area (Å²) in [5.74, 6) is 0.991. The van der Waals surface area contributed by atoms with Crippen molar-refractivity contribution in [3.63, 3.8) is 0 Å². The standard InChI is InChI=1S/C20H19N5O/c1-2-14-8-10-16(11-9-14)21-13-17-12-18(26)25-20(22-17)23-19(24-25)15-6-4-3-5-7-15/h3-12,21H,2,13H2,1H3,(H,22,23,24). The number of aromatic amines is 1. The summed E-state index contributed by atoms with van der Waals surface area (Å²) in [7, 11) is 0. The highest BCUT2D eigenvalue weighted by Crippen LogP contribution is 2.14. The monoisotopic (exact) mass is 345 g/mol. The number of aryl methyl sites for hydroxylation is 1. The van der Waals surface area contributed by atoms with Gasteiger partial charge in [-0.25, -0.2) is 4.98 Å². The van der Waals surface area contributed by atoms with Crippen LogP contribution in [0.15, 0.2) is 65.5 Å². The number of hydrogen-bond donors (Lipinski definition) is 2. The molecule has 0 radical (unpaired) electrons. The molecule has 0 saturated heterocycles. The average molecular weight is 345 g/mol. The van der Waals surface area contributed by atoms with E-state index in [-0.39, 0.29) is 5.56 Å². The molecule has 0 aliphatic rings. The van der Waals surface area contributed by atoms with Crippen LogP contribution in [0.2, 0.25) is 0 Å². The summed E-state index contributed by atoms with van der Waals surface area (Å²) >= 11 is 0. The highest BCUT2D eigenvalue weighted by Gasteiger charge is 2.09. The molecule has 2 aromatic carbocycles. The lowest BCUT2D eigenvalue weighted by Gasteiger charge is -2.06. The Morgan fingerprint density at radius 2 is 1.81 bits per heavy atom. The normalized spacial score (nSPS) is 11.0. The Bertz CT molecular complexity index is 1080. The summed E-state index contributed by atoms with van der Waals surface area (Å²) < 4.78 is 1.36. The molecule has 6 nitrogen and oxygen atoms in total. The van der Waals surface area contributed by atoms with Crippen molar-refractivity contribution in [3.05, 3.63) is 82.3 Å². The second-order valence-electron chi connectivity index (χ2n) is 6.06. The number of anilines is 1. The average Bonchev–Trinajstić information content (AvgIpc) is 3.12. The van der Waals surface area contributed by atoms with Crippen LogP contribution in [0.4, 0.5) is 5.69 Å². The Morgan fingerprint density at radius 3 is 2.54 bits per heavy atom. The first-order valence-electron chi connectivity index (χ1n) is 8.60. The van der Waals surface area contributed by atoms with E-state index in [1.165, 1.54) is 16.1 Å². The molecule has 0 amide bonds. The van der Waals surface area contributed by atoms with Crippen LogP contribution in [0, 0.1) is 0 Å². The molecular weight excluding hydrogens is 326 g/mol. The van der Waals surface area contributed by atoms with E-state index in [2.05, 4.69) is 39.4 Å². The number of benzene rings is 2. The molecule has 0 unspecified atom stereocenters. The summed E-state index contributed by atoms with van der Waals surface area (Å²) in [5, 5.41) is 6.30. The third-order valence-corrected chi connectivity index (χ3v) is 4.27. The Morgan fingerprint density at radius 1 is 1.04 bits per heavy atom. The lowest BCUT2D eigenvalue weighted by Crippen LogP contribution is -2.17. The van der Waals surface area contributed by atoms with Gasteiger partial charge in [-0.2, -0.15) is 9.50 Å². The number of rotatable bonds is 5. The zero-order chi connectivity index (χ0) is 17.9. The maximum atomic E-state index is 12.4. The quantitative estimate of drug-likeness (QED) is 0.582. The van der Waals surface area contributed by atoms with Crippen LogP contribution in [0.3, 0.4) is 0 Å². The van der Waals surface area contributed by atoms with E-state index in [4.69, 9.17) is 0 Å². The van der Waals surface area contributed by atoms with Crippen LogP contribution >= 0.6 is 0 Å². The van der Waals surface area contributed by atoms with Gasteiger partial charge in [-0.15, -0.1) is 0 Å². The molecule has 0 atom stereocenters. The van der Waals surface area contributed by atoms with E-state index < -0.39 is 0 Å². The smallest absolute Gasteiger partial charge is 0.274 e. The minimum Gasteiger partial charge on any atom is -0.379 e. The van der Waals surface area contributed by atoms with Gasteiger partial charge in [-0.3, -0.25) is 9.89 Å². The first kappa shape index (κ1) is 16.1. The lowest BCUT2D eigenvalue weighted by atomic mass is 10.1. The van der Waals surface area contributed by atoms with Crippen molar-refractivity contribution in [2.24, 2.45) is 0 Å². The van der Waals surface area contributed by atoms with E-state index in [1.807, 2.05) is 42.5 Å². The molecule has 0 aliphatic heterocycles. The number of fused-ring (bicyclic) bond motifs is 1. The fourth-order valence-corrected chi connectivity index (χ4v) is 2.79. The summed E-state index contributed by atoms with van der Waals surface area (Å²) in [5.41, 5.74) is 3.67. The minimum absolute atomic E-state index is 0.178. The topological polar surface area (TPSA) is 75.1 Å². The first-order valence-corrected chi connectivity index (χ1v) is 8.60. The minimum atomic E-state index is -0.178. The van der Waals surface area contributed by atoms with Crippen molar-refractivity contribution < 1.29 is 0 Å². The van der Waals surface area contributed by atoms with E-state index in [0.29, 0.717) is 23.8 Å². The zero-order valence-electron chi connectivity index (χ0n) is 14.4. The second kappa shape index (κ2) is 6.84. The molecule has 4 aromatic rings. The molecular formula is C20H19N5O. The van der Waals surface area contributed by atoms with Crippen LogP contribution < -0.4 is 10.9 Å². The van der Waals surface area contributed by atoms with Crippen molar-refractivity contribution in [2.45, 2.75) is 19.9 Å². The van der Waals surface area contributed by atoms with E-state index in [9.17, 15) is 4.79 Å². The van der Waals surface area contributed by atoms with Gasteiger partial charge in [0.1, 0.15) is 0 Å². The summed E-state index contributed by atoms with van der Waals surface area (Å²) in [6, 6.07) is 19.4. The van der Waals surface area contributed by atoms with Crippen LogP contribution in [0.25, 0.3) is 17.2 Å². The summed E-state index contributed by atoms with van der Waals surface area (Å²) in [6.45, 7) is 2.59. The molecule has 26 heavy (non-hydrogen) atoms. The number of H-pyrrole nitrogens is 1. The van der Waals surface area contributed by atoms with Gasteiger partial charge in [0.15, 0.2) is 5.82 Å². The number of aromatic nitrogens is 4. The van der Waals surface area contributed by atoms with Gasteiger partial charge >= 0.3 is 0 Å². The molecule has 6 heteroatoms. The zero-order valence-corrected chi connectivity index (χ0v) is 14.4. The van der Waals surface area contributed by atoms with Crippen molar-refractivity contribution in [1.29, 1.82) is 0 Å². The third-order valence-electron chi connectivity index (χ3n) is 4.27. The van der Waals surface area contributed by atoms with E-state index >= 15 is 0 Å². The van der Waals surface area contributed by atoms with Crippen molar-refractivity contribution in [1.82, 2.24) is 19.6 Å². The van der Waals surface area contributed by atoms with Gasteiger partial charge < -0.3 is 5.32 Å². The maximum absolute atomic E-state index is 12.4. The van der Waals surface area contributed by atoms with Crippen LogP contribution in [0.1, 0.15) is 18.2 Å². The molecule has 0 fully saturated rings. The SMILES string of the molecule is CCc1ccc(NCc2cc(=O)n3[nH]c(-c4ccccc4)nc3n2)cc1. The van der Waals surface area contributed by atoms with Crippen LogP contribution in [0.5, 0.6) is 0 Å². The molecule has 0 bridgehead atoms. The summed E-state index contributed by atoms with van der Waals surface area (Å²) in [6.07, 6.45) is 1.01. The molecule has 0 aliphatic carbocycles. The van der Waals surface area contributed by atoms with Gasteiger partial charge in [0, 0.05) is 17.3 Å². The van der Waals surface area contributed by atoms with Gasteiger partial charge in [0.25, 0.3) is 11.3 Å². The predicted octanol–water partition coefficient (Wildman–Crippen LogP) is 3.26. The number of nitrogens with one attached hydrogen (secondary N) is 2. The highest BCUT2D eigenvalue weighted by atomic mass is 16.1. The van der Waals surface area contributed by atoms with Gasteiger partial charge in [-0.1, -0.05) is 49.4 Å². The Hall–Kier alpha value is -3.41. The fourth-order valence-electron chi connectivity index (χ4n) is 2.79. The molecule has 2 heterocycles. The Labute approximate surface area is 150 Å². The number of nitrogens with zero attached hydrogens (tertiary/aromatic N) is 3. The largest absolute Gasteiger partial charge is 0.379 e. The van der Waals surface area contributed by atoms with Gasteiger partial charge in [0.05, 0.1) is 12.2 Å². The van der Waals surface area contributed by atoms with E-state index in [0.717, 1.165) is 17.7 Å². The fraction of sp³-hybridized carbons (Fsp3) is 0.150. The summed E-state index contributed by atoms with van der Waals surface area (Å²) in [4.78, 5) is 21.3. The Balaban J connectivity index is 1.59. The predicted molar refractivity (Wildman–Crippen MR) is 102 cm³/mol. The van der Waals surface area contributed by atoms with Crippen LogP contribution in [-0.2, 0) is 13.0 Å². The second-order valence-corrected chi connectivity index (χ2v) is 6.06. The molecule has 2 aromatic heterocycles. The molecule has 2 N–H and O–H groups in total. The first-order chi connectivity index (χ1) is 12.7. The third kappa shape index (κ3) is 3.21. The van der Waals surface area contributed by atoms with Gasteiger partial charge in [-0.05, 0) is 24.1 Å². The molecule has 0 saturated carbocycles. The highest BCUT2D eigenvalue weighted by molar-refractivity contribution is 5.56.